The average molecular weight is 162 g/mol. The maximum atomic E-state index is 10.6. The molecule has 12 heavy (non-hydrogen) atoms. The van der Waals surface area contributed by atoms with Crippen LogP contribution in [0.2, 0.25) is 0 Å². The molecule has 2 nitrogen and oxygen atoms in total. The monoisotopic (exact) mass is 162 g/mol. The van der Waals surface area contributed by atoms with Crippen LogP contribution in [0.5, 0.6) is 0 Å². The lowest BCUT2D eigenvalue weighted by Gasteiger charge is -2.00. The predicted octanol–water partition coefficient (Wildman–Crippen LogP) is 2.34. The molecule has 0 aromatic heterocycles. The van der Waals surface area contributed by atoms with Crippen LogP contribution in [0.15, 0.2) is 24.8 Å². The van der Waals surface area contributed by atoms with Gasteiger partial charge < -0.3 is 5.11 Å². The zero-order valence-corrected chi connectivity index (χ0v) is 6.87. The van der Waals surface area contributed by atoms with Gasteiger partial charge in [-0.05, 0) is 24.1 Å². The number of aromatic carboxylic acids is 1. The summed E-state index contributed by atoms with van der Waals surface area (Å²) < 4.78 is 0. The van der Waals surface area contributed by atoms with Gasteiger partial charge in [0.25, 0.3) is 0 Å². The summed E-state index contributed by atoms with van der Waals surface area (Å²) in [6.07, 6.45) is 1.69. The molecule has 0 fully saturated rings. The minimum absolute atomic E-state index is 0.348. The van der Waals surface area contributed by atoms with Crippen LogP contribution < -0.4 is 0 Å². The molecule has 1 aromatic rings. The van der Waals surface area contributed by atoms with Crippen molar-refractivity contribution >= 4 is 12.0 Å². The van der Waals surface area contributed by atoms with Crippen LogP contribution in [0.1, 0.15) is 21.5 Å². The van der Waals surface area contributed by atoms with E-state index in [1.807, 2.05) is 0 Å². The van der Waals surface area contributed by atoms with E-state index in [1.54, 1.807) is 31.2 Å². The number of carboxylic acids is 1. The Labute approximate surface area is 71.2 Å². The lowest BCUT2D eigenvalue weighted by atomic mass is 10.1. The van der Waals surface area contributed by atoms with E-state index in [1.165, 1.54) is 0 Å². The Hall–Kier alpha value is -1.57. The lowest BCUT2D eigenvalue weighted by molar-refractivity contribution is 0.0696. The molecule has 1 N–H and O–H groups in total. The van der Waals surface area contributed by atoms with Crippen molar-refractivity contribution < 1.29 is 9.90 Å². The van der Waals surface area contributed by atoms with Crippen LogP contribution in [0.4, 0.5) is 0 Å². The lowest BCUT2D eigenvalue weighted by Crippen LogP contribution is -1.99. The molecule has 1 rings (SSSR count). The Morgan fingerprint density at radius 2 is 2.25 bits per heavy atom. The van der Waals surface area contributed by atoms with Crippen LogP contribution in [0.3, 0.4) is 0 Å². The van der Waals surface area contributed by atoms with E-state index in [2.05, 4.69) is 6.58 Å². The maximum absolute atomic E-state index is 10.6. The summed E-state index contributed by atoms with van der Waals surface area (Å²) in [5.74, 6) is -0.886. The fraction of sp³-hybridized carbons (Fsp3) is 0.100. The van der Waals surface area contributed by atoms with Crippen molar-refractivity contribution in [1.82, 2.24) is 0 Å². The Morgan fingerprint density at radius 1 is 1.58 bits per heavy atom. The predicted molar refractivity (Wildman–Crippen MR) is 48.2 cm³/mol. The second-order valence-corrected chi connectivity index (χ2v) is 2.58. The van der Waals surface area contributed by atoms with E-state index in [0.717, 1.165) is 11.1 Å². The highest BCUT2D eigenvalue weighted by molar-refractivity contribution is 5.89. The van der Waals surface area contributed by atoms with Crippen LogP contribution in [0, 0.1) is 6.92 Å². The first-order valence-corrected chi connectivity index (χ1v) is 3.61. The van der Waals surface area contributed by atoms with Gasteiger partial charge in [-0.1, -0.05) is 24.8 Å². The highest BCUT2D eigenvalue weighted by Crippen LogP contribution is 2.11. The summed E-state index contributed by atoms with van der Waals surface area (Å²) in [5, 5.41) is 8.70. The Balaban J connectivity index is 3.20. The first kappa shape index (κ1) is 8.53. The van der Waals surface area contributed by atoms with Gasteiger partial charge >= 0.3 is 5.97 Å². The summed E-state index contributed by atoms with van der Waals surface area (Å²) in [5.41, 5.74) is 2.05. The second-order valence-electron chi connectivity index (χ2n) is 2.58. The third-order valence-electron chi connectivity index (χ3n) is 1.72. The van der Waals surface area contributed by atoms with Crippen LogP contribution >= 0.6 is 0 Å². The smallest absolute Gasteiger partial charge is 0.335 e. The van der Waals surface area contributed by atoms with Gasteiger partial charge in [-0.3, -0.25) is 0 Å². The Kier molecular flexibility index (Phi) is 2.29. The quantitative estimate of drug-likeness (QED) is 0.724. The fourth-order valence-electron chi connectivity index (χ4n) is 1.05. The number of carbonyl (C=O) groups is 1. The van der Waals surface area contributed by atoms with E-state index in [4.69, 9.17) is 5.11 Å². The molecule has 2 heteroatoms. The number of carboxylic acid groups (broad SMARTS) is 1. The highest BCUT2D eigenvalue weighted by atomic mass is 16.4. The molecule has 0 radical (unpaired) electrons. The van der Waals surface area contributed by atoms with Crippen molar-refractivity contribution in [2.75, 3.05) is 0 Å². The standard InChI is InChI=1S/C10H10O2/c1-3-8-4-5-9(10(11)12)7(2)6-8/h3-6H,1H2,2H3,(H,11,12). The minimum Gasteiger partial charge on any atom is -0.478 e. The third kappa shape index (κ3) is 1.53. The normalized spacial score (nSPS) is 9.42. The average Bonchev–Trinajstić information content (AvgIpc) is 2.03. The van der Waals surface area contributed by atoms with Crippen molar-refractivity contribution in [1.29, 1.82) is 0 Å². The second kappa shape index (κ2) is 3.22. The maximum Gasteiger partial charge on any atom is 0.335 e. The molecule has 0 saturated heterocycles. The van der Waals surface area contributed by atoms with Crippen molar-refractivity contribution in [3.63, 3.8) is 0 Å². The molecule has 0 amide bonds. The minimum atomic E-state index is -0.886. The summed E-state index contributed by atoms with van der Waals surface area (Å²) in [6.45, 7) is 5.37. The van der Waals surface area contributed by atoms with E-state index in [9.17, 15) is 4.79 Å². The van der Waals surface area contributed by atoms with Gasteiger partial charge in [0.2, 0.25) is 0 Å². The van der Waals surface area contributed by atoms with Crippen LogP contribution in [0.25, 0.3) is 6.08 Å². The molecule has 0 spiro atoms. The largest absolute Gasteiger partial charge is 0.478 e. The summed E-state index contributed by atoms with van der Waals surface area (Å²) >= 11 is 0. The highest BCUT2D eigenvalue weighted by Gasteiger charge is 2.05. The molecule has 0 saturated carbocycles. The number of aryl methyl sites for hydroxylation is 1. The zero-order valence-electron chi connectivity index (χ0n) is 6.87. The van der Waals surface area contributed by atoms with E-state index < -0.39 is 5.97 Å². The van der Waals surface area contributed by atoms with E-state index in [-0.39, 0.29) is 0 Å². The molecule has 0 bridgehead atoms. The van der Waals surface area contributed by atoms with Crippen molar-refractivity contribution in [2.45, 2.75) is 6.92 Å². The molecule has 0 aliphatic carbocycles. The van der Waals surface area contributed by atoms with Gasteiger partial charge in [0.15, 0.2) is 0 Å². The number of hydrogen-bond donors (Lipinski definition) is 1. The molecular weight excluding hydrogens is 152 g/mol. The Morgan fingerprint density at radius 3 is 2.67 bits per heavy atom. The summed E-state index contributed by atoms with van der Waals surface area (Å²) in [4.78, 5) is 10.6. The first-order chi connectivity index (χ1) is 5.65. The Bertz CT molecular complexity index is 327. The molecule has 0 unspecified atom stereocenters. The van der Waals surface area contributed by atoms with Gasteiger partial charge in [0.1, 0.15) is 0 Å². The van der Waals surface area contributed by atoms with Gasteiger partial charge in [0.05, 0.1) is 5.56 Å². The van der Waals surface area contributed by atoms with Gasteiger partial charge in [0, 0.05) is 0 Å². The van der Waals surface area contributed by atoms with Gasteiger partial charge in [-0.2, -0.15) is 0 Å². The van der Waals surface area contributed by atoms with Crippen LogP contribution in [-0.2, 0) is 0 Å². The molecule has 1 aromatic carbocycles. The number of rotatable bonds is 2. The van der Waals surface area contributed by atoms with Crippen LogP contribution in [-0.4, -0.2) is 11.1 Å². The SMILES string of the molecule is C=Cc1ccc(C(=O)O)c(C)c1. The summed E-state index contributed by atoms with van der Waals surface area (Å²) in [6, 6.07) is 5.13. The molecule has 0 atom stereocenters. The molecule has 0 heterocycles. The first-order valence-electron chi connectivity index (χ1n) is 3.61. The van der Waals surface area contributed by atoms with E-state index >= 15 is 0 Å². The topological polar surface area (TPSA) is 37.3 Å². The fourth-order valence-corrected chi connectivity index (χ4v) is 1.05. The van der Waals surface area contributed by atoms with E-state index in [0.29, 0.717) is 5.56 Å². The van der Waals surface area contributed by atoms with Crippen molar-refractivity contribution in [3.8, 4) is 0 Å². The van der Waals surface area contributed by atoms with Gasteiger partial charge in [-0.25, -0.2) is 4.79 Å². The molecular formula is C10H10O2. The van der Waals surface area contributed by atoms with Crippen molar-refractivity contribution in [2.24, 2.45) is 0 Å². The molecule has 0 aliphatic heterocycles. The summed E-state index contributed by atoms with van der Waals surface area (Å²) in [7, 11) is 0. The van der Waals surface area contributed by atoms with Crippen molar-refractivity contribution in [3.05, 3.63) is 41.5 Å². The molecule has 0 aliphatic rings. The molecule has 62 valence electrons. The zero-order chi connectivity index (χ0) is 9.14. The third-order valence-corrected chi connectivity index (χ3v) is 1.72. The van der Waals surface area contributed by atoms with Gasteiger partial charge in [-0.15, -0.1) is 0 Å². The number of benzene rings is 1. The number of hydrogen-bond acceptors (Lipinski definition) is 1.